The predicted molar refractivity (Wildman–Crippen MR) is 61.9 cm³/mol. The Morgan fingerprint density at radius 3 is 2.94 bits per heavy atom. The van der Waals surface area contributed by atoms with Crippen molar-refractivity contribution in [3.8, 4) is 0 Å². The van der Waals surface area contributed by atoms with E-state index in [0.717, 1.165) is 22.6 Å². The number of benzene rings is 1. The Bertz CT molecular complexity index is 477. The van der Waals surface area contributed by atoms with Crippen LogP contribution in [-0.2, 0) is 11.4 Å². The molecular weight excluding hydrogens is 204 g/mol. The van der Waals surface area contributed by atoms with E-state index in [2.05, 4.69) is 24.3 Å². The molecule has 0 saturated heterocycles. The first-order valence-corrected chi connectivity index (χ1v) is 5.36. The number of hydroxylamine groups is 1. The van der Waals surface area contributed by atoms with Crippen LogP contribution in [0.2, 0.25) is 0 Å². The lowest BCUT2D eigenvalue weighted by Crippen LogP contribution is -2.10. The summed E-state index contributed by atoms with van der Waals surface area (Å²) in [6.07, 6.45) is 0. The quantitative estimate of drug-likeness (QED) is 0.804. The summed E-state index contributed by atoms with van der Waals surface area (Å²) < 4.78 is 5.63. The van der Waals surface area contributed by atoms with Crippen molar-refractivity contribution < 1.29 is 9.25 Å². The highest BCUT2D eigenvalue weighted by Gasteiger charge is 2.09. The van der Waals surface area contributed by atoms with E-state index in [4.69, 9.17) is 9.25 Å². The van der Waals surface area contributed by atoms with E-state index < -0.39 is 0 Å². The monoisotopic (exact) mass is 220 g/mol. The number of nitrogens with zero attached hydrogens (tertiary/aromatic N) is 1. The van der Waals surface area contributed by atoms with Gasteiger partial charge in [0.25, 0.3) is 0 Å². The zero-order valence-electron chi connectivity index (χ0n) is 9.78. The first-order chi connectivity index (χ1) is 7.70. The summed E-state index contributed by atoms with van der Waals surface area (Å²) in [6.45, 7) is 4.80. The summed E-state index contributed by atoms with van der Waals surface area (Å²) in [6, 6.07) is 5.96. The standard InChI is InChI=1S/C12H16N2O2/c1-8(2)12-14-10-6-9(7-13-15-3)4-5-11(10)16-12/h4-6,8,13H,7H2,1-3H3. The van der Waals surface area contributed by atoms with E-state index in [1.54, 1.807) is 7.11 Å². The van der Waals surface area contributed by atoms with Crippen LogP contribution in [0.4, 0.5) is 0 Å². The van der Waals surface area contributed by atoms with Crippen LogP contribution in [0.1, 0.15) is 31.2 Å². The van der Waals surface area contributed by atoms with Crippen molar-refractivity contribution in [1.82, 2.24) is 10.5 Å². The number of oxazole rings is 1. The molecule has 0 aliphatic rings. The molecule has 0 aliphatic carbocycles. The van der Waals surface area contributed by atoms with Gasteiger partial charge in [-0.15, -0.1) is 0 Å². The lowest BCUT2D eigenvalue weighted by Gasteiger charge is -2.00. The number of nitrogens with one attached hydrogen (secondary N) is 1. The summed E-state index contributed by atoms with van der Waals surface area (Å²) in [5.41, 5.74) is 5.66. The largest absolute Gasteiger partial charge is 0.440 e. The van der Waals surface area contributed by atoms with Crippen LogP contribution < -0.4 is 5.48 Å². The van der Waals surface area contributed by atoms with Gasteiger partial charge in [0.05, 0.1) is 7.11 Å². The highest BCUT2D eigenvalue weighted by molar-refractivity contribution is 5.73. The molecule has 0 atom stereocenters. The fourth-order valence-corrected chi connectivity index (χ4v) is 1.50. The maximum atomic E-state index is 5.63. The molecule has 0 aliphatic heterocycles. The van der Waals surface area contributed by atoms with Gasteiger partial charge >= 0.3 is 0 Å². The minimum Gasteiger partial charge on any atom is -0.440 e. The van der Waals surface area contributed by atoms with Crippen LogP contribution in [0, 0.1) is 0 Å². The molecule has 1 aromatic carbocycles. The number of rotatable bonds is 4. The molecule has 2 aromatic rings. The molecule has 16 heavy (non-hydrogen) atoms. The van der Waals surface area contributed by atoms with Crippen LogP contribution in [0.3, 0.4) is 0 Å². The van der Waals surface area contributed by atoms with Crippen molar-refractivity contribution in [2.75, 3.05) is 7.11 Å². The Hall–Kier alpha value is -1.39. The van der Waals surface area contributed by atoms with Crippen molar-refractivity contribution in [1.29, 1.82) is 0 Å². The Labute approximate surface area is 94.6 Å². The minimum atomic E-state index is 0.313. The van der Waals surface area contributed by atoms with Gasteiger partial charge in [-0.25, -0.2) is 4.98 Å². The molecule has 1 heterocycles. The first-order valence-electron chi connectivity index (χ1n) is 5.36. The van der Waals surface area contributed by atoms with Crippen LogP contribution in [0.15, 0.2) is 22.6 Å². The van der Waals surface area contributed by atoms with Crippen LogP contribution in [0.5, 0.6) is 0 Å². The smallest absolute Gasteiger partial charge is 0.198 e. The maximum absolute atomic E-state index is 5.63. The van der Waals surface area contributed by atoms with Crippen molar-refractivity contribution in [3.05, 3.63) is 29.7 Å². The molecule has 0 bridgehead atoms. The van der Waals surface area contributed by atoms with Gasteiger partial charge in [-0.3, -0.25) is 0 Å². The van der Waals surface area contributed by atoms with E-state index in [1.807, 2.05) is 18.2 Å². The van der Waals surface area contributed by atoms with E-state index in [9.17, 15) is 0 Å². The third-order valence-corrected chi connectivity index (χ3v) is 2.38. The number of hydrogen-bond acceptors (Lipinski definition) is 4. The Morgan fingerprint density at radius 2 is 2.25 bits per heavy atom. The Balaban J connectivity index is 2.30. The normalized spacial score (nSPS) is 11.5. The molecule has 4 nitrogen and oxygen atoms in total. The SMILES string of the molecule is CONCc1ccc2oc(C(C)C)nc2c1. The number of aromatic nitrogens is 1. The second kappa shape index (κ2) is 4.63. The molecule has 0 spiro atoms. The molecule has 0 radical (unpaired) electrons. The molecule has 1 N–H and O–H groups in total. The van der Waals surface area contributed by atoms with Gasteiger partial charge < -0.3 is 9.25 Å². The van der Waals surface area contributed by atoms with Crippen LogP contribution in [-0.4, -0.2) is 12.1 Å². The van der Waals surface area contributed by atoms with Crippen LogP contribution >= 0.6 is 0 Å². The van der Waals surface area contributed by atoms with Gasteiger partial charge in [-0.2, -0.15) is 5.48 Å². The Kier molecular flexibility index (Phi) is 3.22. The van der Waals surface area contributed by atoms with Gasteiger partial charge in [0.1, 0.15) is 5.52 Å². The molecule has 1 aromatic heterocycles. The van der Waals surface area contributed by atoms with Crippen molar-refractivity contribution in [2.45, 2.75) is 26.3 Å². The molecule has 0 amide bonds. The topological polar surface area (TPSA) is 47.3 Å². The average molecular weight is 220 g/mol. The van der Waals surface area contributed by atoms with E-state index in [-0.39, 0.29) is 0 Å². The minimum absolute atomic E-state index is 0.313. The molecule has 0 saturated carbocycles. The number of hydrogen-bond donors (Lipinski definition) is 1. The predicted octanol–water partition coefficient (Wildman–Crippen LogP) is 2.60. The third kappa shape index (κ3) is 2.23. The van der Waals surface area contributed by atoms with Crippen molar-refractivity contribution in [2.24, 2.45) is 0 Å². The zero-order valence-corrected chi connectivity index (χ0v) is 9.78. The Morgan fingerprint density at radius 1 is 1.44 bits per heavy atom. The summed E-state index contributed by atoms with van der Waals surface area (Å²) in [7, 11) is 1.60. The molecule has 2 rings (SSSR count). The summed E-state index contributed by atoms with van der Waals surface area (Å²) >= 11 is 0. The fourth-order valence-electron chi connectivity index (χ4n) is 1.50. The first kappa shape index (κ1) is 11.1. The summed E-state index contributed by atoms with van der Waals surface area (Å²) in [4.78, 5) is 9.25. The van der Waals surface area contributed by atoms with E-state index in [0.29, 0.717) is 12.5 Å². The lowest BCUT2D eigenvalue weighted by molar-refractivity contribution is 0.0867. The van der Waals surface area contributed by atoms with E-state index in [1.165, 1.54) is 0 Å². The summed E-state index contributed by atoms with van der Waals surface area (Å²) in [5.74, 6) is 1.10. The fraction of sp³-hybridized carbons (Fsp3) is 0.417. The second-order valence-corrected chi connectivity index (χ2v) is 4.03. The highest BCUT2D eigenvalue weighted by atomic mass is 16.6. The van der Waals surface area contributed by atoms with Gasteiger partial charge in [-0.05, 0) is 17.7 Å². The van der Waals surface area contributed by atoms with Crippen LogP contribution in [0.25, 0.3) is 11.1 Å². The molecular formula is C12H16N2O2. The van der Waals surface area contributed by atoms with Crippen molar-refractivity contribution in [3.63, 3.8) is 0 Å². The molecule has 0 fully saturated rings. The van der Waals surface area contributed by atoms with Gasteiger partial charge in [0, 0.05) is 12.5 Å². The average Bonchev–Trinajstić information content (AvgIpc) is 2.69. The third-order valence-electron chi connectivity index (χ3n) is 2.38. The number of fused-ring (bicyclic) bond motifs is 1. The summed E-state index contributed by atoms with van der Waals surface area (Å²) in [5, 5.41) is 0. The molecule has 86 valence electrons. The lowest BCUT2D eigenvalue weighted by atomic mass is 10.2. The zero-order chi connectivity index (χ0) is 11.5. The second-order valence-electron chi connectivity index (χ2n) is 4.03. The molecule has 0 unspecified atom stereocenters. The maximum Gasteiger partial charge on any atom is 0.198 e. The van der Waals surface area contributed by atoms with E-state index >= 15 is 0 Å². The highest BCUT2D eigenvalue weighted by Crippen LogP contribution is 2.21. The molecule has 4 heteroatoms. The van der Waals surface area contributed by atoms with Gasteiger partial charge in [0.15, 0.2) is 11.5 Å². The van der Waals surface area contributed by atoms with Gasteiger partial charge in [0.2, 0.25) is 0 Å². The van der Waals surface area contributed by atoms with Gasteiger partial charge in [-0.1, -0.05) is 19.9 Å². The van der Waals surface area contributed by atoms with Crippen molar-refractivity contribution >= 4 is 11.1 Å².